The van der Waals surface area contributed by atoms with Crippen LogP contribution in [0.15, 0.2) is 12.1 Å². The van der Waals surface area contributed by atoms with E-state index in [1.165, 1.54) is 12.8 Å². The van der Waals surface area contributed by atoms with Crippen molar-refractivity contribution in [3.63, 3.8) is 0 Å². The fraction of sp³-hybridized carbons (Fsp3) is 0.632. The number of ether oxygens (including phenoxy) is 1. The number of hydrogen-bond donors (Lipinski definition) is 0. The third kappa shape index (κ3) is 3.12. The predicted octanol–water partition coefficient (Wildman–Crippen LogP) is 3.29. The highest BCUT2D eigenvalue weighted by atomic mass is 16.7. The summed E-state index contributed by atoms with van der Waals surface area (Å²) in [5, 5.41) is 0. The van der Waals surface area contributed by atoms with Gasteiger partial charge in [-0.1, -0.05) is 6.07 Å². The van der Waals surface area contributed by atoms with Crippen LogP contribution in [-0.4, -0.2) is 31.2 Å². The first-order valence-electron chi connectivity index (χ1n) is 8.72. The second-order valence-electron chi connectivity index (χ2n) is 8.07. The predicted molar refractivity (Wildman–Crippen MR) is 95.1 cm³/mol. The zero-order chi connectivity index (χ0) is 17.7. The van der Waals surface area contributed by atoms with E-state index >= 15 is 0 Å². The molecule has 1 saturated heterocycles. The highest BCUT2D eigenvalue weighted by Gasteiger charge is 2.52. The second-order valence-corrected chi connectivity index (χ2v) is 8.07. The van der Waals surface area contributed by atoms with E-state index in [2.05, 4.69) is 0 Å². The lowest BCUT2D eigenvalue weighted by Gasteiger charge is -2.32. The fourth-order valence-electron chi connectivity index (χ4n) is 3.10. The number of carbonyl (C=O) groups is 1. The highest BCUT2D eigenvalue weighted by Crippen LogP contribution is 2.38. The number of ketones is 1. The molecule has 0 unspecified atom stereocenters. The van der Waals surface area contributed by atoms with Gasteiger partial charge in [0, 0.05) is 6.42 Å². The van der Waals surface area contributed by atoms with Crippen LogP contribution < -0.4 is 10.2 Å². The molecule has 1 aliphatic carbocycles. The minimum absolute atomic E-state index is 0.173. The summed E-state index contributed by atoms with van der Waals surface area (Å²) in [4.78, 5) is 12.6. The van der Waals surface area contributed by atoms with Gasteiger partial charge < -0.3 is 14.0 Å². The second kappa shape index (κ2) is 5.89. The Labute approximate surface area is 145 Å². The number of carbonyl (C=O) groups excluding carboxylic acids is 1. The Hall–Kier alpha value is -1.33. The molecule has 0 spiro atoms. The molecular weight excluding hydrogens is 303 g/mol. The summed E-state index contributed by atoms with van der Waals surface area (Å²) < 4.78 is 17.8. The normalized spacial score (nSPS) is 21.8. The van der Waals surface area contributed by atoms with E-state index in [1.54, 1.807) is 7.11 Å². The van der Waals surface area contributed by atoms with Gasteiger partial charge >= 0.3 is 7.12 Å². The van der Waals surface area contributed by atoms with E-state index in [9.17, 15) is 4.79 Å². The zero-order valence-electron chi connectivity index (χ0n) is 15.6. The lowest BCUT2D eigenvalue weighted by atomic mass is 9.77. The monoisotopic (exact) mass is 330 g/mol. The number of aryl methyl sites for hydroxylation is 1. The lowest BCUT2D eigenvalue weighted by molar-refractivity contribution is 0.00578. The molecule has 1 aromatic rings. The maximum absolute atomic E-state index is 12.6. The molecular formula is C19H27BO4. The summed E-state index contributed by atoms with van der Waals surface area (Å²) in [7, 11) is 1.16. The van der Waals surface area contributed by atoms with Gasteiger partial charge in [0.15, 0.2) is 5.78 Å². The van der Waals surface area contributed by atoms with Gasteiger partial charge in [-0.2, -0.15) is 0 Å². The van der Waals surface area contributed by atoms with Crippen LogP contribution in [0.4, 0.5) is 0 Å². The van der Waals surface area contributed by atoms with Crippen LogP contribution in [0, 0.1) is 12.8 Å². The lowest BCUT2D eigenvalue weighted by Crippen LogP contribution is -2.41. The molecule has 0 bridgehead atoms. The fourth-order valence-corrected chi connectivity index (χ4v) is 3.10. The van der Waals surface area contributed by atoms with Crippen molar-refractivity contribution in [3.8, 4) is 5.75 Å². The minimum Gasteiger partial charge on any atom is -0.496 e. The summed E-state index contributed by atoms with van der Waals surface area (Å²) in [6, 6.07) is 3.88. The Morgan fingerprint density at radius 1 is 1.21 bits per heavy atom. The van der Waals surface area contributed by atoms with E-state index in [1.807, 2.05) is 46.8 Å². The van der Waals surface area contributed by atoms with E-state index in [0.29, 0.717) is 23.7 Å². The molecule has 0 N–H and O–H groups in total. The van der Waals surface area contributed by atoms with Crippen molar-refractivity contribution in [1.29, 1.82) is 0 Å². The maximum Gasteiger partial charge on any atom is 0.494 e. The van der Waals surface area contributed by atoms with Crippen LogP contribution in [0.3, 0.4) is 0 Å². The zero-order valence-corrected chi connectivity index (χ0v) is 15.6. The maximum atomic E-state index is 12.6. The summed E-state index contributed by atoms with van der Waals surface area (Å²) in [6.07, 6.45) is 2.95. The van der Waals surface area contributed by atoms with Crippen molar-refractivity contribution < 1.29 is 18.8 Å². The number of hydrogen-bond acceptors (Lipinski definition) is 4. The summed E-state index contributed by atoms with van der Waals surface area (Å²) in [5.74, 6) is 1.35. The van der Waals surface area contributed by atoms with Gasteiger partial charge in [0.05, 0.1) is 23.9 Å². The molecule has 1 aliphatic heterocycles. The van der Waals surface area contributed by atoms with Crippen molar-refractivity contribution in [3.05, 3.63) is 23.3 Å². The number of Topliss-reactive ketones (excluding diaryl/α,β-unsaturated/α-hetero) is 1. The topological polar surface area (TPSA) is 44.8 Å². The van der Waals surface area contributed by atoms with Crippen LogP contribution >= 0.6 is 0 Å². The molecule has 1 aromatic carbocycles. The van der Waals surface area contributed by atoms with E-state index < -0.39 is 7.12 Å². The Kier molecular flexibility index (Phi) is 4.29. The van der Waals surface area contributed by atoms with Crippen molar-refractivity contribution in [2.24, 2.45) is 5.92 Å². The summed E-state index contributed by atoms with van der Waals surface area (Å²) >= 11 is 0. The molecule has 2 aliphatic rings. The van der Waals surface area contributed by atoms with Crippen molar-refractivity contribution in [1.82, 2.24) is 0 Å². The molecule has 4 nitrogen and oxygen atoms in total. The largest absolute Gasteiger partial charge is 0.496 e. The number of benzene rings is 1. The van der Waals surface area contributed by atoms with Crippen LogP contribution in [0.2, 0.25) is 0 Å². The molecule has 3 rings (SSSR count). The Bertz CT molecular complexity index is 646. The Morgan fingerprint density at radius 2 is 1.79 bits per heavy atom. The smallest absolute Gasteiger partial charge is 0.494 e. The van der Waals surface area contributed by atoms with Crippen LogP contribution in [0.1, 0.15) is 62.9 Å². The molecule has 0 atom stereocenters. The first kappa shape index (κ1) is 17.5. The van der Waals surface area contributed by atoms with Gasteiger partial charge in [-0.05, 0) is 70.5 Å². The molecule has 130 valence electrons. The third-order valence-electron chi connectivity index (χ3n) is 5.52. The molecule has 0 aromatic heterocycles. The first-order valence-corrected chi connectivity index (χ1v) is 8.72. The summed E-state index contributed by atoms with van der Waals surface area (Å²) in [5.41, 5.74) is 1.73. The molecule has 1 saturated carbocycles. The first-order chi connectivity index (χ1) is 11.1. The van der Waals surface area contributed by atoms with Gasteiger partial charge in [-0.15, -0.1) is 0 Å². The van der Waals surface area contributed by atoms with Crippen LogP contribution in [0.25, 0.3) is 0 Å². The van der Waals surface area contributed by atoms with E-state index in [4.69, 9.17) is 14.0 Å². The van der Waals surface area contributed by atoms with Gasteiger partial charge in [0.25, 0.3) is 0 Å². The Morgan fingerprint density at radius 3 is 2.29 bits per heavy atom. The Balaban J connectivity index is 1.91. The van der Waals surface area contributed by atoms with Crippen LogP contribution in [0.5, 0.6) is 5.75 Å². The van der Waals surface area contributed by atoms with Crippen LogP contribution in [-0.2, 0) is 9.31 Å². The standard InChI is InChI=1S/C19H27BO4/c1-12-9-14(20-23-18(2,3)19(4,5)24-20)11-16(22-6)17(12)15(21)10-13-7-8-13/h9,11,13H,7-8,10H2,1-6H3. The number of methoxy groups -OCH3 is 1. The third-order valence-corrected chi connectivity index (χ3v) is 5.52. The van der Waals surface area contributed by atoms with Gasteiger partial charge in [-0.25, -0.2) is 0 Å². The quantitative estimate of drug-likeness (QED) is 0.614. The minimum atomic E-state index is -0.449. The highest BCUT2D eigenvalue weighted by molar-refractivity contribution is 6.62. The van der Waals surface area contributed by atoms with Gasteiger partial charge in [0.1, 0.15) is 5.75 Å². The summed E-state index contributed by atoms with van der Waals surface area (Å²) in [6.45, 7) is 10.1. The van der Waals surface area contributed by atoms with Gasteiger partial charge in [0.2, 0.25) is 0 Å². The molecule has 2 fully saturated rings. The molecule has 24 heavy (non-hydrogen) atoms. The van der Waals surface area contributed by atoms with Crippen molar-refractivity contribution >= 4 is 18.4 Å². The molecule has 0 amide bonds. The van der Waals surface area contributed by atoms with E-state index in [-0.39, 0.29) is 17.0 Å². The van der Waals surface area contributed by atoms with Crippen molar-refractivity contribution in [2.75, 3.05) is 7.11 Å². The van der Waals surface area contributed by atoms with Crippen molar-refractivity contribution in [2.45, 2.75) is 65.1 Å². The number of rotatable bonds is 5. The van der Waals surface area contributed by atoms with Gasteiger partial charge in [-0.3, -0.25) is 4.79 Å². The molecule has 1 heterocycles. The average molecular weight is 330 g/mol. The van der Waals surface area contributed by atoms with E-state index in [0.717, 1.165) is 11.0 Å². The molecule has 0 radical (unpaired) electrons. The average Bonchev–Trinajstić information content (AvgIpc) is 3.24. The SMILES string of the molecule is COc1cc(B2OC(C)(C)C(C)(C)O2)cc(C)c1C(=O)CC1CC1. The molecule has 5 heteroatoms.